The molecule has 0 spiro atoms. The molecule has 1 aromatic heterocycles. The molecule has 0 aliphatic carbocycles. The molecule has 3 unspecified atom stereocenters. The Hall–Kier alpha value is -1.44. The van der Waals surface area contributed by atoms with Crippen LogP contribution in [0.4, 0.5) is 5.69 Å². The fourth-order valence-corrected chi connectivity index (χ4v) is 3.16. The van der Waals surface area contributed by atoms with Gasteiger partial charge < -0.3 is 19.5 Å². The number of aromatic amines is 1. The average molecular weight is 307 g/mol. The summed E-state index contributed by atoms with van der Waals surface area (Å²) in [4.78, 5) is 4.40. The molecule has 120 valence electrons. The van der Waals surface area contributed by atoms with Crippen molar-refractivity contribution in [3.8, 4) is 0 Å². The first-order valence-corrected chi connectivity index (χ1v) is 8.21. The summed E-state index contributed by atoms with van der Waals surface area (Å²) in [6.07, 6.45) is 9.86. The lowest BCUT2D eigenvalue weighted by Crippen LogP contribution is -2.44. The van der Waals surface area contributed by atoms with Gasteiger partial charge in [-0.3, -0.25) is 0 Å². The molecular weight excluding hydrogens is 284 g/mol. The van der Waals surface area contributed by atoms with Crippen LogP contribution in [0.25, 0.3) is 0 Å². The molecule has 0 amide bonds. The Morgan fingerprint density at radius 3 is 2.77 bits per heavy atom. The van der Waals surface area contributed by atoms with Gasteiger partial charge in [-0.25, -0.2) is 4.99 Å². The monoisotopic (exact) mass is 307 g/mol. The van der Waals surface area contributed by atoms with Crippen LogP contribution in [0.3, 0.4) is 0 Å². The second-order valence-electron chi connectivity index (χ2n) is 6.00. The van der Waals surface area contributed by atoms with E-state index < -0.39 is 0 Å². The van der Waals surface area contributed by atoms with Gasteiger partial charge in [0.1, 0.15) is 5.69 Å². The molecule has 22 heavy (non-hydrogen) atoms. The molecule has 0 saturated carbocycles. The first kappa shape index (κ1) is 14.2. The standard InChI is InChI=1S/C15H22N4O3/c1-3-7-20-12(5-1)19-9-11-14(18-19)15(17-10-16-11)22-13-6-2-4-8-21-13/h9-10,12-13,15H,1-8H2,(H,16,17)/p+1. The zero-order valence-electron chi connectivity index (χ0n) is 12.7. The van der Waals surface area contributed by atoms with E-state index in [4.69, 9.17) is 14.2 Å². The Kier molecular flexibility index (Phi) is 4.09. The number of H-pyrrole nitrogens is 1. The summed E-state index contributed by atoms with van der Waals surface area (Å²) in [5.41, 5.74) is 1.93. The van der Waals surface area contributed by atoms with Crippen LogP contribution in [0.15, 0.2) is 11.2 Å². The van der Waals surface area contributed by atoms with E-state index in [-0.39, 0.29) is 18.7 Å². The molecule has 2 saturated heterocycles. The van der Waals surface area contributed by atoms with E-state index in [0.29, 0.717) is 0 Å². The molecular formula is C15H23N4O3+. The van der Waals surface area contributed by atoms with Crippen LogP contribution >= 0.6 is 0 Å². The maximum absolute atomic E-state index is 6.01. The van der Waals surface area contributed by atoms with Crippen LogP contribution in [-0.2, 0) is 14.2 Å². The minimum Gasteiger partial charge on any atom is -0.353 e. The van der Waals surface area contributed by atoms with Gasteiger partial charge in [0.25, 0.3) is 6.23 Å². The molecule has 2 fully saturated rings. The number of anilines is 1. The van der Waals surface area contributed by atoms with Gasteiger partial charge in [0.2, 0.25) is 12.4 Å². The van der Waals surface area contributed by atoms with Gasteiger partial charge in [0.05, 0.1) is 12.9 Å². The van der Waals surface area contributed by atoms with E-state index in [1.165, 1.54) is 6.42 Å². The van der Waals surface area contributed by atoms with Crippen molar-refractivity contribution in [2.75, 3.05) is 18.5 Å². The molecule has 0 aromatic carbocycles. The highest BCUT2D eigenvalue weighted by Crippen LogP contribution is 2.30. The number of rotatable bonds is 3. The second-order valence-corrected chi connectivity index (χ2v) is 6.00. The van der Waals surface area contributed by atoms with Gasteiger partial charge in [-0.2, -0.15) is 5.10 Å². The molecule has 7 nitrogen and oxygen atoms in total. The third-order valence-corrected chi connectivity index (χ3v) is 4.37. The first-order valence-electron chi connectivity index (χ1n) is 8.21. The van der Waals surface area contributed by atoms with Crippen molar-refractivity contribution in [3.05, 3.63) is 11.9 Å². The van der Waals surface area contributed by atoms with Crippen molar-refractivity contribution in [2.45, 2.75) is 57.3 Å². The Bertz CT molecular complexity index is 533. The maximum Gasteiger partial charge on any atom is 0.285 e. The van der Waals surface area contributed by atoms with E-state index in [1.807, 2.05) is 10.9 Å². The number of aromatic nitrogens is 2. The van der Waals surface area contributed by atoms with Crippen molar-refractivity contribution in [3.63, 3.8) is 0 Å². The molecule has 1 aromatic rings. The Balaban J connectivity index is 1.49. The number of ether oxygens (including phenoxy) is 3. The van der Waals surface area contributed by atoms with Gasteiger partial charge in [-0.15, -0.1) is 0 Å². The lowest BCUT2D eigenvalue weighted by atomic mass is 10.2. The summed E-state index contributed by atoms with van der Waals surface area (Å²) in [5, 5.41) is 6.55. The van der Waals surface area contributed by atoms with Crippen molar-refractivity contribution in [1.82, 2.24) is 5.10 Å². The minimum absolute atomic E-state index is 0.0766. The zero-order valence-corrected chi connectivity index (χ0v) is 12.7. The van der Waals surface area contributed by atoms with Crippen LogP contribution < -0.4 is 10.00 Å². The summed E-state index contributed by atoms with van der Waals surface area (Å²) in [7, 11) is 0. The van der Waals surface area contributed by atoms with Crippen LogP contribution in [0.2, 0.25) is 0 Å². The highest BCUT2D eigenvalue weighted by molar-refractivity contribution is 5.78. The van der Waals surface area contributed by atoms with Crippen molar-refractivity contribution >= 4 is 12.0 Å². The van der Waals surface area contributed by atoms with E-state index >= 15 is 0 Å². The number of hydrogen-bond acceptors (Lipinski definition) is 5. The number of hydrogen-bond donors (Lipinski definition) is 2. The SMILES string of the molecule is C1=NC(OC2CCCCO2)c2[nH][n+](C3CCCCO3)cc2N1. The van der Waals surface area contributed by atoms with Crippen molar-refractivity contribution in [1.29, 1.82) is 0 Å². The molecule has 3 atom stereocenters. The fourth-order valence-electron chi connectivity index (χ4n) is 3.16. The summed E-state index contributed by atoms with van der Waals surface area (Å²) in [5.74, 6) is 0. The number of aliphatic imine (C=N–C) groups is 1. The van der Waals surface area contributed by atoms with Gasteiger partial charge in [0, 0.05) is 13.0 Å². The largest absolute Gasteiger partial charge is 0.353 e. The predicted molar refractivity (Wildman–Crippen MR) is 79.4 cm³/mol. The average Bonchev–Trinajstić information content (AvgIpc) is 3.02. The van der Waals surface area contributed by atoms with Crippen LogP contribution in [0.5, 0.6) is 0 Å². The van der Waals surface area contributed by atoms with Gasteiger partial charge in [-0.05, 0) is 32.1 Å². The topological polar surface area (TPSA) is 71.8 Å². The highest BCUT2D eigenvalue weighted by Gasteiger charge is 2.32. The third-order valence-electron chi connectivity index (χ3n) is 4.37. The molecule has 2 N–H and O–H groups in total. The van der Waals surface area contributed by atoms with Crippen LogP contribution in [-0.4, -0.2) is 30.9 Å². The summed E-state index contributed by atoms with van der Waals surface area (Å²) in [6, 6.07) is 0. The number of nitrogens with one attached hydrogen (secondary N) is 2. The van der Waals surface area contributed by atoms with Crippen molar-refractivity contribution in [2.24, 2.45) is 4.99 Å². The Labute approximate surface area is 129 Å². The molecule has 4 rings (SSSR count). The normalized spacial score (nSPS) is 31.5. The van der Waals surface area contributed by atoms with Crippen LogP contribution in [0.1, 0.15) is 56.7 Å². The quantitative estimate of drug-likeness (QED) is 0.838. The summed E-state index contributed by atoms with van der Waals surface area (Å²) in [6.45, 7) is 1.59. The Morgan fingerprint density at radius 2 is 2.00 bits per heavy atom. The Morgan fingerprint density at radius 1 is 1.14 bits per heavy atom. The van der Waals surface area contributed by atoms with Gasteiger partial charge >= 0.3 is 0 Å². The molecule has 4 heterocycles. The third kappa shape index (κ3) is 2.88. The lowest BCUT2D eigenvalue weighted by Gasteiger charge is -2.26. The van der Waals surface area contributed by atoms with Crippen LogP contribution in [0, 0.1) is 0 Å². The molecule has 7 heteroatoms. The fraction of sp³-hybridized carbons (Fsp3) is 0.733. The first-order chi connectivity index (χ1) is 10.9. The predicted octanol–water partition coefficient (Wildman–Crippen LogP) is 2.00. The molecule has 3 aliphatic heterocycles. The lowest BCUT2D eigenvalue weighted by molar-refractivity contribution is -0.811. The maximum atomic E-state index is 6.01. The van der Waals surface area contributed by atoms with E-state index in [2.05, 4.69) is 15.4 Å². The number of fused-ring (bicyclic) bond motifs is 1. The number of nitrogens with zero attached hydrogens (tertiary/aromatic N) is 2. The highest BCUT2D eigenvalue weighted by atomic mass is 16.7. The smallest absolute Gasteiger partial charge is 0.285 e. The molecule has 0 radical (unpaired) electrons. The molecule has 3 aliphatic rings. The van der Waals surface area contributed by atoms with E-state index in [9.17, 15) is 0 Å². The van der Waals surface area contributed by atoms with Gasteiger partial charge in [0.15, 0.2) is 12.0 Å². The van der Waals surface area contributed by atoms with Gasteiger partial charge in [-0.1, -0.05) is 4.68 Å². The summed E-state index contributed by atoms with van der Waals surface area (Å²) >= 11 is 0. The molecule has 0 bridgehead atoms. The van der Waals surface area contributed by atoms with E-state index in [1.54, 1.807) is 6.34 Å². The van der Waals surface area contributed by atoms with Crippen molar-refractivity contribution < 1.29 is 18.9 Å². The summed E-state index contributed by atoms with van der Waals surface area (Å²) < 4.78 is 19.5. The zero-order chi connectivity index (χ0) is 14.8. The van der Waals surface area contributed by atoms with E-state index in [0.717, 1.165) is 56.7 Å². The minimum atomic E-state index is -0.343. The second kappa shape index (κ2) is 6.36.